The van der Waals surface area contributed by atoms with Crippen molar-refractivity contribution in [2.75, 3.05) is 11.9 Å². The third kappa shape index (κ3) is 3.70. The first-order valence-electron chi connectivity index (χ1n) is 6.67. The zero-order valence-corrected chi connectivity index (χ0v) is 13.9. The van der Waals surface area contributed by atoms with Crippen LogP contribution in [0.15, 0.2) is 28.7 Å². The third-order valence-electron chi connectivity index (χ3n) is 2.90. The number of anilines is 1. The van der Waals surface area contributed by atoms with E-state index < -0.39 is 0 Å². The Labute approximate surface area is 132 Å². The molecule has 0 spiro atoms. The van der Waals surface area contributed by atoms with Crippen molar-refractivity contribution in [3.8, 4) is 0 Å². The maximum atomic E-state index is 6.02. The summed E-state index contributed by atoms with van der Waals surface area (Å²) in [6, 6.07) is 7.80. The van der Waals surface area contributed by atoms with Gasteiger partial charge in [-0.2, -0.15) is 0 Å². The van der Waals surface area contributed by atoms with Crippen molar-refractivity contribution in [2.45, 2.75) is 26.7 Å². The molecular weight excluding hydrogens is 338 g/mol. The maximum absolute atomic E-state index is 6.02. The summed E-state index contributed by atoms with van der Waals surface area (Å²) in [5.74, 6) is 1.67. The molecule has 0 radical (unpaired) electrons. The summed E-state index contributed by atoms with van der Waals surface area (Å²) in [6.07, 6.45) is 1.54. The summed E-state index contributed by atoms with van der Waals surface area (Å²) in [7, 11) is 0. The average Bonchev–Trinajstić information content (AvgIpc) is 2.42. The van der Waals surface area contributed by atoms with Gasteiger partial charge in [0.05, 0.1) is 10.2 Å². The molecule has 1 aromatic carbocycles. The van der Waals surface area contributed by atoms with Gasteiger partial charge in [0.1, 0.15) is 11.6 Å². The standard InChI is InChI=1S/C15H17BrClN3/c1-3-12-14(16)15(18-4-2)20-13(19-12)9-10-6-5-7-11(17)8-10/h5-8H,3-4,9H2,1-2H3,(H,18,19,20). The van der Waals surface area contributed by atoms with Gasteiger partial charge in [0, 0.05) is 18.0 Å². The fourth-order valence-corrected chi connectivity index (χ4v) is 2.78. The second-order valence-electron chi connectivity index (χ2n) is 4.44. The molecule has 1 aromatic heterocycles. The van der Waals surface area contributed by atoms with E-state index in [4.69, 9.17) is 11.6 Å². The molecule has 106 valence electrons. The van der Waals surface area contributed by atoms with Crippen LogP contribution < -0.4 is 5.32 Å². The molecule has 2 aromatic rings. The van der Waals surface area contributed by atoms with Crippen LogP contribution in [0.5, 0.6) is 0 Å². The van der Waals surface area contributed by atoms with Crippen LogP contribution in [0.1, 0.15) is 30.9 Å². The van der Waals surface area contributed by atoms with Crippen LogP contribution in [0.2, 0.25) is 5.02 Å². The fourth-order valence-electron chi connectivity index (χ4n) is 1.97. The number of aryl methyl sites for hydroxylation is 1. The van der Waals surface area contributed by atoms with Crippen LogP contribution in [0.3, 0.4) is 0 Å². The van der Waals surface area contributed by atoms with Gasteiger partial charge in [-0.05, 0) is 47.0 Å². The molecule has 5 heteroatoms. The third-order valence-corrected chi connectivity index (χ3v) is 3.96. The molecule has 3 nitrogen and oxygen atoms in total. The smallest absolute Gasteiger partial charge is 0.144 e. The topological polar surface area (TPSA) is 37.8 Å². The van der Waals surface area contributed by atoms with E-state index >= 15 is 0 Å². The van der Waals surface area contributed by atoms with Crippen molar-refractivity contribution < 1.29 is 0 Å². The summed E-state index contributed by atoms with van der Waals surface area (Å²) >= 11 is 9.58. The van der Waals surface area contributed by atoms with Crippen LogP contribution in [0.25, 0.3) is 0 Å². The molecule has 0 bridgehead atoms. The summed E-state index contributed by atoms with van der Waals surface area (Å²) in [5.41, 5.74) is 2.14. The van der Waals surface area contributed by atoms with Crippen molar-refractivity contribution in [1.29, 1.82) is 0 Å². The predicted molar refractivity (Wildman–Crippen MR) is 87.5 cm³/mol. The molecule has 0 aliphatic rings. The molecule has 0 saturated heterocycles. The number of hydrogen-bond acceptors (Lipinski definition) is 3. The van der Waals surface area contributed by atoms with Gasteiger partial charge >= 0.3 is 0 Å². The molecular formula is C15H17BrClN3. The molecule has 0 aliphatic heterocycles. The van der Waals surface area contributed by atoms with Crippen LogP contribution in [-0.4, -0.2) is 16.5 Å². The highest BCUT2D eigenvalue weighted by atomic mass is 79.9. The SMILES string of the molecule is CCNc1nc(Cc2cccc(Cl)c2)nc(CC)c1Br. The Morgan fingerprint density at radius 1 is 1.25 bits per heavy atom. The highest BCUT2D eigenvalue weighted by Crippen LogP contribution is 2.25. The monoisotopic (exact) mass is 353 g/mol. The quantitative estimate of drug-likeness (QED) is 0.860. The molecule has 20 heavy (non-hydrogen) atoms. The highest BCUT2D eigenvalue weighted by Gasteiger charge is 2.11. The van der Waals surface area contributed by atoms with E-state index in [1.165, 1.54) is 0 Å². The number of hydrogen-bond donors (Lipinski definition) is 1. The molecule has 0 amide bonds. The van der Waals surface area contributed by atoms with Gasteiger partial charge in [-0.15, -0.1) is 0 Å². The van der Waals surface area contributed by atoms with E-state index in [1.54, 1.807) is 0 Å². The van der Waals surface area contributed by atoms with Gasteiger partial charge in [0.25, 0.3) is 0 Å². The molecule has 2 rings (SSSR count). The normalized spacial score (nSPS) is 10.6. The van der Waals surface area contributed by atoms with Crippen molar-refractivity contribution in [3.63, 3.8) is 0 Å². The first-order chi connectivity index (χ1) is 9.63. The lowest BCUT2D eigenvalue weighted by Gasteiger charge is -2.11. The van der Waals surface area contributed by atoms with Crippen molar-refractivity contribution in [1.82, 2.24) is 9.97 Å². The number of nitrogens with zero attached hydrogens (tertiary/aromatic N) is 2. The van der Waals surface area contributed by atoms with Gasteiger partial charge in [-0.25, -0.2) is 9.97 Å². The van der Waals surface area contributed by atoms with Crippen molar-refractivity contribution in [2.24, 2.45) is 0 Å². The fraction of sp³-hybridized carbons (Fsp3) is 0.333. The Kier molecular flexibility index (Phi) is 5.38. The first-order valence-corrected chi connectivity index (χ1v) is 7.84. The van der Waals surface area contributed by atoms with E-state index in [2.05, 4.69) is 45.1 Å². The van der Waals surface area contributed by atoms with E-state index in [-0.39, 0.29) is 0 Å². The Morgan fingerprint density at radius 2 is 2.05 bits per heavy atom. The van der Waals surface area contributed by atoms with Gasteiger partial charge in [-0.3, -0.25) is 0 Å². The average molecular weight is 355 g/mol. The lowest BCUT2D eigenvalue weighted by Crippen LogP contribution is -2.08. The van der Waals surface area contributed by atoms with E-state index in [9.17, 15) is 0 Å². The van der Waals surface area contributed by atoms with Gasteiger partial charge in [0.15, 0.2) is 0 Å². The highest BCUT2D eigenvalue weighted by molar-refractivity contribution is 9.10. The number of aromatic nitrogens is 2. The van der Waals surface area contributed by atoms with E-state index in [0.717, 1.165) is 45.4 Å². The lowest BCUT2D eigenvalue weighted by molar-refractivity contribution is 0.894. The predicted octanol–water partition coefficient (Wildman–Crippen LogP) is 4.48. The minimum Gasteiger partial charge on any atom is -0.369 e. The number of halogens is 2. The maximum Gasteiger partial charge on any atom is 0.144 e. The molecule has 1 heterocycles. The molecule has 0 aliphatic carbocycles. The lowest BCUT2D eigenvalue weighted by atomic mass is 10.1. The number of rotatable bonds is 5. The minimum atomic E-state index is 0.680. The Hall–Kier alpha value is -1.13. The summed E-state index contributed by atoms with van der Waals surface area (Å²) in [4.78, 5) is 9.20. The second-order valence-corrected chi connectivity index (χ2v) is 5.67. The summed E-state index contributed by atoms with van der Waals surface area (Å²) in [6.45, 7) is 4.97. The number of benzene rings is 1. The van der Waals surface area contributed by atoms with Gasteiger partial charge in [-0.1, -0.05) is 30.7 Å². The van der Waals surface area contributed by atoms with Crippen molar-refractivity contribution >= 4 is 33.3 Å². The molecule has 0 unspecified atom stereocenters. The Morgan fingerprint density at radius 3 is 2.70 bits per heavy atom. The molecule has 1 N–H and O–H groups in total. The zero-order chi connectivity index (χ0) is 14.5. The van der Waals surface area contributed by atoms with E-state index in [1.807, 2.05) is 24.3 Å². The van der Waals surface area contributed by atoms with Gasteiger partial charge in [0.2, 0.25) is 0 Å². The second kappa shape index (κ2) is 7.04. The summed E-state index contributed by atoms with van der Waals surface area (Å²) in [5, 5.41) is 4.00. The van der Waals surface area contributed by atoms with Crippen LogP contribution in [0.4, 0.5) is 5.82 Å². The number of nitrogens with one attached hydrogen (secondary N) is 1. The molecule has 0 saturated carbocycles. The summed E-state index contributed by atoms with van der Waals surface area (Å²) < 4.78 is 0.955. The Balaban J connectivity index is 2.34. The minimum absolute atomic E-state index is 0.680. The van der Waals surface area contributed by atoms with Crippen molar-refractivity contribution in [3.05, 3.63) is 50.8 Å². The van der Waals surface area contributed by atoms with Crippen LogP contribution in [-0.2, 0) is 12.8 Å². The first kappa shape index (κ1) is 15.3. The van der Waals surface area contributed by atoms with Crippen LogP contribution >= 0.6 is 27.5 Å². The molecule has 0 fully saturated rings. The zero-order valence-electron chi connectivity index (χ0n) is 11.6. The van der Waals surface area contributed by atoms with Crippen LogP contribution in [0, 0.1) is 0 Å². The Bertz CT molecular complexity index is 602. The van der Waals surface area contributed by atoms with Gasteiger partial charge < -0.3 is 5.32 Å². The molecule has 0 atom stereocenters. The van der Waals surface area contributed by atoms with E-state index in [0.29, 0.717) is 6.42 Å². The largest absolute Gasteiger partial charge is 0.369 e.